The molecule has 8 unspecified atom stereocenters. The minimum absolute atomic E-state index is 0.0747. The molecule has 0 spiro atoms. The molecule has 1 aromatic carbocycles. The Bertz CT molecular complexity index is 1320. The summed E-state index contributed by atoms with van der Waals surface area (Å²) in [6, 6.07) is 5.50. The Hall–Kier alpha value is -3.54. The fourth-order valence-corrected chi connectivity index (χ4v) is 4.23. The number of phenols is 1. The van der Waals surface area contributed by atoms with E-state index in [2.05, 4.69) is 0 Å². The lowest BCUT2D eigenvalue weighted by Gasteiger charge is -2.40. The molecule has 0 radical (unpaired) electrons. The summed E-state index contributed by atoms with van der Waals surface area (Å²) in [4.78, 5) is 24.3. The van der Waals surface area contributed by atoms with Crippen molar-refractivity contribution >= 4 is 12.0 Å². The average molecular weight is 597 g/mol. The highest BCUT2D eigenvalue weighted by atomic mass is 16.7. The second kappa shape index (κ2) is 13.2. The lowest BCUT2D eigenvalue weighted by Crippen LogP contribution is -2.60. The van der Waals surface area contributed by atoms with Gasteiger partial charge in [-0.3, -0.25) is 4.79 Å². The number of methoxy groups -OCH3 is 1. The minimum Gasteiger partial charge on any atom is -0.504 e. The van der Waals surface area contributed by atoms with E-state index in [4.69, 9.17) is 32.8 Å². The maximum Gasteiger partial charge on any atom is 0.330 e. The normalized spacial score (nSPS) is 31.3. The van der Waals surface area contributed by atoms with E-state index in [0.717, 1.165) is 18.4 Å². The van der Waals surface area contributed by atoms with Gasteiger partial charge in [0.05, 0.1) is 26.6 Å². The number of esters is 1. The molecule has 42 heavy (non-hydrogen) atoms. The predicted octanol–water partition coefficient (Wildman–Crippen LogP) is -1.43. The average Bonchev–Trinajstić information content (AvgIpc) is 3.25. The van der Waals surface area contributed by atoms with E-state index in [-0.39, 0.29) is 23.0 Å². The summed E-state index contributed by atoms with van der Waals surface area (Å²) in [7, 11) is 1.38. The van der Waals surface area contributed by atoms with Crippen molar-refractivity contribution in [2.45, 2.75) is 55.6 Å². The van der Waals surface area contributed by atoms with Crippen molar-refractivity contribution in [1.82, 2.24) is 0 Å². The lowest BCUT2D eigenvalue weighted by atomic mass is 9.99. The van der Waals surface area contributed by atoms with Crippen LogP contribution in [0.2, 0.25) is 0 Å². The van der Waals surface area contributed by atoms with Gasteiger partial charge in [-0.25, -0.2) is 4.79 Å². The van der Waals surface area contributed by atoms with E-state index in [9.17, 15) is 40.2 Å². The maximum atomic E-state index is 12.2. The Balaban J connectivity index is 1.31. The van der Waals surface area contributed by atoms with Crippen LogP contribution in [0.5, 0.6) is 17.2 Å². The van der Waals surface area contributed by atoms with E-state index in [1.54, 1.807) is 0 Å². The van der Waals surface area contributed by atoms with Gasteiger partial charge >= 0.3 is 5.97 Å². The molecule has 0 amide bonds. The maximum absolute atomic E-state index is 12.2. The topological polar surface area (TPSA) is 224 Å². The van der Waals surface area contributed by atoms with Gasteiger partial charge in [-0.15, -0.1) is 0 Å². The number of carbonyl (C=O) groups excluding carboxylic acids is 1. The zero-order chi connectivity index (χ0) is 30.6. The fraction of sp³-hybridized carbons (Fsp3) is 0.481. The second-order valence-electron chi connectivity index (χ2n) is 9.74. The molecule has 0 aliphatic carbocycles. The standard InChI is InChI=1S/C27H32O15/c1-13-23(16(29)7-8-37-13)42-25-22(33)21(32)20(31)18(41-25)10-38-26-24(34)27(35,12-40-26)11-39-19(30)6-4-14-3-5-15(28)17(9-14)36-2/h3-9,18,20-22,24-26,28,31-35H,10-12H2,1-2H3. The van der Waals surface area contributed by atoms with Crippen LogP contribution < -0.4 is 14.9 Å². The number of hydrogen-bond donors (Lipinski definition) is 6. The SMILES string of the molecule is COc1cc(C=CC(=O)OCC2(O)COC(OCC3OC(Oc4c(C)occc4=O)C(O)C(O)C3O)C2O)ccc1O. The highest BCUT2D eigenvalue weighted by molar-refractivity contribution is 5.87. The zero-order valence-corrected chi connectivity index (χ0v) is 22.6. The van der Waals surface area contributed by atoms with Gasteiger partial charge < -0.3 is 63.5 Å². The molecular weight excluding hydrogens is 564 g/mol. The highest BCUT2D eigenvalue weighted by Crippen LogP contribution is 2.30. The molecule has 230 valence electrons. The first-order chi connectivity index (χ1) is 19.9. The number of aliphatic hydroxyl groups excluding tert-OH is 4. The van der Waals surface area contributed by atoms with Crippen LogP contribution in [-0.2, 0) is 23.7 Å². The molecule has 15 heteroatoms. The van der Waals surface area contributed by atoms with Crippen LogP contribution in [0.25, 0.3) is 6.08 Å². The molecule has 1 aromatic heterocycles. The zero-order valence-electron chi connectivity index (χ0n) is 22.6. The van der Waals surface area contributed by atoms with Crippen LogP contribution >= 0.6 is 0 Å². The van der Waals surface area contributed by atoms with Crippen molar-refractivity contribution in [3.05, 3.63) is 58.2 Å². The quantitative estimate of drug-likeness (QED) is 0.137. The van der Waals surface area contributed by atoms with Gasteiger partial charge in [0.1, 0.15) is 42.9 Å². The number of hydrogen-bond acceptors (Lipinski definition) is 15. The van der Waals surface area contributed by atoms with Crippen molar-refractivity contribution in [2.24, 2.45) is 0 Å². The van der Waals surface area contributed by atoms with Crippen LogP contribution in [0.4, 0.5) is 0 Å². The summed E-state index contributed by atoms with van der Waals surface area (Å²) in [6.07, 6.45) is -7.60. The van der Waals surface area contributed by atoms with Crippen LogP contribution in [0, 0.1) is 6.92 Å². The largest absolute Gasteiger partial charge is 0.504 e. The number of benzene rings is 1. The molecule has 8 atom stereocenters. The van der Waals surface area contributed by atoms with Crippen LogP contribution in [-0.4, -0.2) is 112 Å². The lowest BCUT2D eigenvalue weighted by molar-refractivity contribution is -0.289. The smallest absolute Gasteiger partial charge is 0.330 e. The van der Waals surface area contributed by atoms with E-state index < -0.39 is 79.9 Å². The van der Waals surface area contributed by atoms with E-state index in [0.29, 0.717) is 5.56 Å². The molecule has 0 bridgehead atoms. The third kappa shape index (κ3) is 6.91. The van der Waals surface area contributed by atoms with Gasteiger partial charge in [0.25, 0.3) is 0 Å². The Morgan fingerprint density at radius 3 is 2.60 bits per heavy atom. The van der Waals surface area contributed by atoms with Crippen LogP contribution in [0.1, 0.15) is 11.3 Å². The van der Waals surface area contributed by atoms with Crippen molar-refractivity contribution < 1.29 is 68.3 Å². The summed E-state index contributed by atoms with van der Waals surface area (Å²) >= 11 is 0. The van der Waals surface area contributed by atoms with Crippen molar-refractivity contribution in [3.63, 3.8) is 0 Å². The molecule has 4 rings (SSSR count). The van der Waals surface area contributed by atoms with E-state index in [1.807, 2.05) is 0 Å². The number of phenolic OH excluding ortho intramolecular Hbond substituents is 1. The number of ether oxygens (including phenoxy) is 6. The Kier molecular flexibility index (Phi) is 9.85. The van der Waals surface area contributed by atoms with Crippen LogP contribution in [0.15, 0.2) is 45.8 Å². The summed E-state index contributed by atoms with van der Waals surface area (Å²) in [5.41, 5.74) is -2.08. The number of aryl methyl sites for hydroxylation is 1. The second-order valence-corrected chi connectivity index (χ2v) is 9.74. The van der Waals surface area contributed by atoms with Gasteiger partial charge in [-0.05, 0) is 30.7 Å². The molecule has 15 nitrogen and oxygen atoms in total. The molecule has 0 saturated carbocycles. The molecule has 6 N–H and O–H groups in total. The van der Waals surface area contributed by atoms with Crippen molar-refractivity contribution in [1.29, 1.82) is 0 Å². The molecule has 2 fully saturated rings. The molecule has 2 aliphatic heterocycles. The number of rotatable bonds is 10. The number of aliphatic hydroxyl groups is 5. The number of aromatic hydroxyl groups is 1. The Morgan fingerprint density at radius 1 is 1.12 bits per heavy atom. The first-order valence-electron chi connectivity index (χ1n) is 12.7. The first-order valence-corrected chi connectivity index (χ1v) is 12.7. The summed E-state index contributed by atoms with van der Waals surface area (Å²) < 4.78 is 36.9. The monoisotopic (exact) mass is 596 g/mol. The molecule has 3 heterocycles. The molecule has 2 aliphatic rings. The third-order valence-corrected chi connectivity index (χ3v) is 6.72. The van der Waals surface area contributed by atoms with Gasteiger partial charge in [-0.2, -0.15) is 0 Å². The molecule has 2 saturated heterocycles. The predicted molar refractivity (Wildman–Crippen MR) is 138 cm³/mol. The minimum atomic E-state index is -2.04. The summed E-state index contributed by atoms with van der Waals surface area (Å²) in [6.45, 7) is -0.199. The van der Waals surface area contributed by atoms with Gasteiger partial charge in [0, 0.05) is 12.1 Å². The van der Waals surface area contributed by atoms with Gasteiger partial charge in [0.2, 0.25) is 17.5 Å². The van der Waals surface area contributed by atoms with E-state index >= 15 is 0 Å². The fourth-order valence-electron chi connectivity index (χ4n) is 4.23. The Morgan fingerprint density at radius 2 is 1.88 bits per heavy atom. The van der Waals surface area contributed by atoms with Crippen molar-refractivity contribution in [3.8, 4) is 17.2 Å². The van der Waals surface area contributed by atoms with Gasteiger partial charge in [-0.1, -0.05) is 6.07 Å². The van der Waals surface area contributed by atoms with Gasteiger partial charge in [0.15, 0.2) is 23.4 Å². The molecule has 2 aromatic rings. The Labute approximate surface area is 238 Å². The summed E-state index contributed by atoms with van der Waals surface area (Å²) in [5.74, 6) is -0.890. The summed E-state index contributed by atoms with van der Waals surface area (Å²) in [5, 5.41) is 62.0. The van der Waals surface area contributed by atoms with Crippen molar-refractivity contribution in [2.75, 3.05) is 26.9 Å². The first kappa shape index (κ1) is 31.4. The highest BCUT2D eigenvalue weighted by Gasteiger charge is 2.51. The van der Waals surface area contributed by atoms with Crippen LogP contribution in [0.3, 0.4) is 0 Å². The number of carbonyl (C=O) groups is 1. The third-order valence-electron chi connectivity index (χ3n) is 6.72. The van der Waals surface area contributed by atoms with E-state index in [1.165, 1.54) is 38.3 Å². The molecular formula is C27H32O15.